The summed E-state index contributed by atoms with van der Waals surface area (Å²) in [5.74, 6) is 0.777. The van der Waals surface area contributed by atoms with Crippen molar-refractivity contribution < 1.29 is 8.42 Å². The number of anilines is 1. The molecule has 0 saturated carbocycles. The van der Waals surface area contributed by atoms with Crippen LogP contribution in [-0.4, -0.2) is 56.5 Å². The second-order valence-corrected chi connectivity index (χ2v) is 7.55. The van der Waals surface area contributed by atoms with E-state index in [0.29, 0.717) is 4.90 Å². The quantitative estimate of drug-likeness (QED) is 0.858. The smallest absolute Gasteiger partial charge is 0.240 e. The molecule has 0 amide bonds. The third-order valence-corrected chi connectivity index (χ3v) is 5.55. The van der Waals surface area contributed by atoms with Gasteiger partial charge < -0.3 is 4.90 Å². The Balaban J connectivity index is 1.57. The van der Waals surface area contributed by atoms with Crippen LogP contribution in [0.1, 0.15) is 5.56 Å². The van der Waals surface area contributed by atoms with Crippen molar-refractivity contribution >= 4 is 16.0 Å². The highest BCUT2D eigenvalue weighted by atomic mass is 32.2. The van der Waals surface area contributed by atoms with Crippen LogP contribution >= 0.6 is 0 Å². The van der Waals surface area contributed by atoms with Crippen LogP contribution < -0.4 is 9.62 Å². The van der Waals surface area contributed by atoms with Gasteiger partial charge in [0.25, 0.3) is 0 Å². The number of hydrogen-bond acceptors (Lipinski definition) is 6. The molecule has 3 rings (SSSR count). The molecule has 0 spiro atoms. The van der Waals surface area contributed by atoms with Crippen LogP contribution in [0, 0.1) is 0 Å². The van der Waals surface area contributed by atoms with Gasteiger partial charge in [-0.1, -0.05) is 12.1 Å². The van der Waals surface area contributed by atoms with Gasteiger partial charge >= 0.3 is 0 Å². The first-order valence-electron chi connectivity index (χ1n) is 7.85. The molecule has 0 unspecified atom stereocenters. The zero-order chi connectivity index (χ0) is 17.0. The molecule has 0 aliphatic carbocycles. The standard InChI is InChI=1S/C16H21N5O2S/c1-17-24(22,23)15-5-3-14(4-6-15)13-20-9-11-21(12-10-20)16-18-7-2-8-19-16/h2-8,17H,9-13H2,1H3. The lowest BCUT2D eigenvalue weighted by Gasteiger charge is -2.34. The summed E-state index contributed by atoms with van der Waals surface area (Å²) in [7, 11) is -1.95. The molecule has 1 N–H and O–H groups in total. The van der Waals surface area contributed by atoms with E-state index in [4.69, 9.17) is 0 Å². The van der Waals surface area contributed by atoms with Crippen LogP contribution in [-0.2, 0) is 16.6 Å². The topological polar surface area (TPSA) is 78.4 Å². The van der Waals surface area contributed by atoms with E-state index in [-0.39, 0.29) is 0 Å². The van der Waals surface area contributed by atoms with E-state index in [1.54, 1.807) is 24.5 Å². The second-order valence-electron chi connectivity index (χ2n) is 5.66. The van der Waals surface area contributed by atoms with Crippen molar-refractivity contribution in [1.29, 1.82) is 0 Å². The van der Waals surface area contributed by atoms with E-state index in [0.717, 1.165) is 44.2 Å². The van der Waals surface area contributed by atoms with E-state index in [1.165, 1.54) is 7.05 Å². The fourth-order valence-electron chi connectivity index (χ4n) is 2.71. The first kappa shape index (κ1) is 16.8. The summed E-state index contributed by atoms with van der Waals surface area (Å²) < 4.78 is 25.8. The first-order valence-corrected chi connectivity index (χ1v) is 9.33. The van der Waals surface area contributed by atoms with E-state index >= 15 is 0 Å². The monoisotopic (exact) mass is 347 g/mol. The number of piperazine rings is 1. The Morgan fingerprint density at radius 2 is 1.67 bits per heavy atom. The maximum Gasteiger partial charge on any atom is 0.240 e. The van der Waals surface area contributed by atoms with Gasteiger partial charge in [-0.25, -0.2) is 23.1 Å². The molecule has 0 bridgehead atoms. The maximum atomic E-state index is 11.7. The van der Waals surface area contributed by atoms with Crippen molar-refractivity contribution in [3.63, 3.8) is 0 Å². The predicted octanol–water partition coefficient (Wildman–Crippen LogP) is 0.707. The molecule has 1 aliphatic heterocycles. The fraction of sp³-hybridized carbons (Fsp3) is 0.375. The summed E-state index contributed by atoms with van der Waals surface area (Å²) in [6, 6.07) is 8.86. The Labute approximate surface area is 142 Å². The Morgan fingerprint density at radius 3 is 2.25 bits per heavy atom. The molecule has 128 valence electrons. The minimum absolute atomic E-state index is 0.291. The third-order valence-electron chi connectivity index (χ3n) is 4.12. The molecule has 1 aliphatic rings. The van der Waals surface area contributed by atoms with Crippen LogP contribution in [0.5, 0.6) is 0 Å². The largest absolute Gasteiger partial charge is 0.338 e. The summed E-state index contributed by atoms with van der Waals surface area (Å²) in [4.78, 5) is 13.4. The highest BCUT2D eigenvalue weighted by molar-refractivity contribution is 7.89. The Hall–Kier alpha value is -2.03. The third kappa shape index (κ3) is 3.89. The molecular weight excluding hydrogens is 326 g/mol. The zero-order valence-electron chi connectivity index (χ0n) is 13.6. The highest BCUT2D eigenvalue weighted by Crippen LogP contribution is 2.14. The van der Waals surface area contributed by atoms with Gasteiger partial charge in [0.15, 0.2) is 0 Å². The molecule has 1 aromatic heterocycles. The SMILES string of the molecule is CNS(=O)(=O)c1ccc(CN2CCN(c3ncccn3)CC2)cc1. The lowest BCUT2D eigenvalue weighted by molar-refractivity contribution is 0.248. The predicted molar refractivity (Wildman–Crippen MR) is 92.2 cm³/mol. The van der Waals surface area contributed by atoms with Gasteiger partial charge in [0, 0.05) is 45.1 Å². The van der Waals surface area contributed by atoms with Crippen molar-refractivity contribution in [2.45, 2.75) is 11.4 Å². The molecule has 2 aromatic rings. The van der Waals surface area contributed by atoms with Crippen LogP contribution in [0.3, 0.4) is 0 Å². The van der Waals surface area contributed by atoms with Crippen LogP contribution in [0.2, 0.25) is 0 Å². The number of rotatable bonds is 5. The minimum atomic E-state index is -3.37. The van der Waals surface area contributed by atoms with Crippen molar-refractivity contribution in [2.24, 2.45) is 0 Å². The fourth-order valence-corrected chi connectivity index (χ4v) is 3.44. The van der Waals surface area contributed by atoms with Crippen molar-refractivity contribution in [1.82, 2.24) is 19.6 Å². The van der Waals surface area contributed by atoms with E-state index in [2.05, 4.69) is 24.5 Å². The maximum absolute atomic E-state index is 11.7. The van der Waals surface area contributed by atoms with Crippen LogP contribution in [0.25, 0.3) is 0 Å². The molecule has 0 atom stereocenters. The average molecular weight is 347 g/mol. The minimum Gasteiger partial charge on any atom is -0.338 e. The average Bonchev–Trinajstić information content (AvgIpc) is 2.63. The van der Waals surface area contributed by atoms with Gasteiger partial charge in [0.2, 0.25) is 16.0 Å². The molecule has 1 saturated heterocycles. The first-order chi connectivity index (χ1) is 11.6. The number of benzene rings is 1. The molecule has 7 nitrogen and oxygen atoms in total. The number of hydrogen-bond donors (Lipinski definition) is 1. The molecule has 0 radical (unpaired) electrons. The van der Waals surface area contributed by atoms with Crippen molar-refractivity contribution in [3.05, 3.63) is 48.3 Å². The lowest BCUT2D eigenvalue weighted by Crippen LogP contribution is -2.46. The summed E-state index contributed by atoms with van der Waals surface area (Å²) >= 11 is 0. The van der Waals surface area contributed by atoms with Crippen LogP contribution in [0.15, 0.2) is 47.6 Å². The normalized spacial score (nSPS) is 16.3. The lowest BCUT2D eigenvalue weighted by atomic mass is 10.2. The van der Waals surface area contributed by atoms with Gasteiger partial charge in [-0.3, -0.25) is 4.90 Å². The van der Waals surface area contributed by atoms with Crippen molar-refractivity contribution in [3.8, 4) is 0 Å². The molecule has 24 heavy (non-hydrogen) atoms. The van der Waals surface area contributed by atoms with Gasteiger partial charge in [-0.05, 0) is 30.8 Å². The van der Waals surface area contributed by atoms with E-state index < -0.39 is 10.0 Å². The van der Waals surface area contributed by atoms with E-state index in [1.807, 2.05) is 18.2 Å². The van der Waals surface area contributed by atoms with Gasteiger partial charge in [-0.2, -0.15) is 0 Å². The van der Waals surface area contributed by atoms with Gasteiger partial charge in [0.1, 0.15) is 0 Å². The highest BCUT2D eigenvalue weighted by Gasteiger charge is 2.19. The Morgan fingerprint density at radius 1 is 1.04 bits per heavy atom. The summed E-state index contributed by atoms with van der Waals surface area (Å²) in [5.41, 5.74) is 1.11. The van der Waals surface area contributed by atoms with E-state index in [9.17, 15) is 8.42 Å². The summed E-state index contributed by atoms with van der Waals surface area (Å²) in [5, 5.41) is 0. The van der Waals surface area contributed by atoms with Gasteiger partial charge in [0.05, 0.1) is 4.90 Å². The Bertz CT molecular complexity index is 757. The molecule has 1 fully saturated rings. The van der Waals surface area contributed by atoms with Crippen molar-refractivity contribution in [2.75, 3.05) is 38.1 Å². The number of aromatic nitrogens is 2. The second kappa shape index (κ2) is 7.25. The summed E-state index contributed by atoms with van der Waals surface area (Å²) in [6.07, 6.45) is 3.52. The molecule has 2 heterocycles. The Kier molecular flexibility index (Phi) is 5.08. The number of nitrogens with zero attached hydrogens (tertiary/aromatic N) is 4. The van der Waals surface area contributed by atoms with Crippen LogP contribution in [0.4, 0.5) is 5.95 Å². The number of nitrogens with one attached hydrogen (secondary N) is 1. The molecule has 8 heteroatoms. The molecule has 1 aromatic carbocycles. The summed E-state index contributed by atoms with van der Waals surface area (Å²) in [6.45, 7) is 4.43. The number of sulfonamides is 1. The molecular formula is C16H21N5O2S. The zero-order valence-corrected chi connectivity index (χ0v) is 14.4. The van der Waals surface area contributed by atoms with Gasteiger partial charge in [-0.15, -0.1) is 0 Å².